The minimum absolute atomic E-state index is 0.0497. The standard InChI is InChI=1S/C15H13N5O2/c1-2-21-10-3-4-11(14(7-10)22-6-5-16)15-19-12-8-17-18-9-13(12)20-15/h3-4,7-9H,2,6H2,1H3,(H,19,20). The summed E-state index contributed by atoms with van der Waals surface area (Å²) in [5, 5.41) is 16.3. The molecule has 0 saturated heterocycles. The highest BCUT2D eigenvalue weighted by Crippen LogP contribution is 2.32. The molecule has 110 valence electrons. The van der Waals surface area contributed by atoms with Gasteiger partial charge in [-0.1, -0.05) is 0 Å². The Labute approximate surface area is 126 Å². The molecule has 3 aromatic rings. The van der Waals surface area contributed by atoms with Crippen LogP contribution in [0.2, 0.25) is 0 Å². The van der Waals surface area contributed by atoms with E-state index in [9.17, 15) is 0 Å². The van der Waals surface area contributed by atoms with Crippen molar-refractivity contribution in [3.05, 3.63) is 30.6 Å². The van der Waals surface area contributed by atoms with Gasteiger partial charge in [0.15, 0.2) is 6.61 Å². The van der Waals surface area contributed by atoms with Crippen molar-refractivity contribution in [1.29, 1.82) is 5.26 Å². The Bertz CT molecular complexity index is 804. The molecule has 2 aromatic heterocycles. The van der Waals surface area contributed by atoms with E-state index in [0.717, 1.165) is 11.1 Å². The van der Waals surface area contributed by atoms with Gasteiger partial charge in [0.1, 0.15) is 28.9 Å². The number of rotatable bonds is 5. The summed E-state index contributed by atoms with van der Waals surface area (Å²) in [5.41, 5.74) is 2.24. The van der Waals surface area contributed by atoms with Crippen LogP contribution in [-0.4, -0.2) is 33.4 Å². The molecule has 0 saturated carbocycles. The first-order valence-electron chi connectivity index (χ1n) is 6.75. The van der Waals surface area contributed by atoms with E-state index in [1.54, 1.807) is 18.5 Å². The number of benzene rings is 1. The lowest BCUT2D eigenvalue weighted by molar-refractivity contribution is 0.332. The van der Waals surface area contributed by atoms with Gasteiger partial charge in [0.25, 0.3) is 0 Å². The number of H-pyrrole nitrogens is 1. The molecule has 0 aliphatic rings. The van der Waals surface area contributed by atoms with Crippen molar-refractivity contribution in [3.63, 3.8) is 0 Å². The Hall–Kier alpha value is -3.14. The quantitative estimate of drug-likeness (QED) is 0.775. The summed E-state index contributed by atoms with van der Waals surface area (Å²) in [6.07, 6.45) is 3.19. The third kappa shape index (κ3) is 2.67. The van der Waals surface area contributed by atoms with Crippen molar-refractivity contribution in [2.75, 3.05) is 13.2 Å². The number of nitrogens with one attached hydrogen (secondary N) is 1. The minimum atomic E-state index is -0.0497. The number of nitrogens with zero attached hydrogens (tertiary/aromatic N) is 4. The van der Waals surface area contributed by atoms with E-state index in [2.05, 4.69) is 20.2 Å². The molecule has 7 heteroatoms. The highest BCUT2D eigenvalue weighted by atomic mass is 16.5. The van der Waals surface area contributed by atoms with Crippen LogP contribution < -0.4 is 9.47 Å². The maximum Gasteiger partial charge on any atom is 0.174 e. The Morgan fingerprint density at radius 1 is 1.23 bits per heavy atom. The first kappa shape index (κ1) is 13.8. The van der Waals surface area contributed by atoms with Crippen LogP contribution in [0.4, 0.5) is 0 Å². The van der Waals surface area contributed by atoms with Crippen LogP contribution >= 0.6 is 0 Å². The molecule has 1 aromatic carbocycles. The molecule has 0 aliphatic carbocycles. The molecule has 22 heavy (non-hydrogen) atoms. The first-order chi connectivity index (χ1) is 10.8. The molecule has 3 rings (SSSR count). The first-order valence-corrected chi connectivity index (χ1v) is 6.75. The van der Waals surface area contributed by atoms with E-state index >= 15 is 0 Å². The maximum atomic E-state index is 8.73. The summed E-state index contributed by atoms with van der Waals surface area (Å²) in [4.78, 5) is 7.63. The summed E-state index contributed by atoms with van der Waals surface area (Å²) in [6, 6.07) is 7.39. The number of nitriles is 1. The van der Waals surface area contributed by atoms with Crippen molar-refractivity contribution >= 4 is 11.0 Å². The predicted molar refractivity (Wildman–Crippen MR) is 79.4 cm³/mol. The number of aromatic nitrogens is 4. The number of ether oxygens (including phenoxy) is 2. The highest BCUT2D eigenvalue weighted by molar-refractivity contribution is 5.79. The van der Waals surface area contributed by atoms with Crippen LogP contribution in [0.25, 0.3) is 22.4 Å². The van der Waals surface area contributed by atoms with Gasteiger partial charge in [0.05, 0.1) is 30.1 Å². The maximum absolute atomic E-state index is 8.73. The molecular weight excluding hydrogens is 282 g/mol. The van der Waals surface area contributed by atoms with Crippen LogP contribution in [0.3, 0.4) is 0 Å². The SMILES string of the molecule is CCOc1ccc(-c2nc3cnncc3[nH]2)c(OCC#N)c1. The van der Waals surface area contributed by atoms with E-state index in [1.165, 1.54) is 0 Å². The highest BCUT2D eigenvalue weighted by Gasteiger charge is 2.13. The van der Waals surface area contributed by atoms with Gasteiger partial charge in [-0.25, -0.2) is 4.98 Å². The van der Waals surface area contributed by atoms with E-state index in [-0.39, 0.29) is 6.61 Å². The second-order valence-corrected chi connectivity index (χ2v) is 4.41. The number of hydrogen-bond donors (Lipinski definition) is 1. The summed E-state index contributed by atoms with van der Waals surface area (Å²) >= 11 is 0. The molecule has 0 spiro atoms. The fourth-order valence-electron chi connectivity index (χ4n) is 2.09. The predicted octanol–water partition coefficient (Wildman–Crippen LogP) is 2.32. The van der Waals surface area contributed by atoms with E-state index in [4.69, 9.17) is 14.7 Å². The van der Waals surface area contributed by atoms with Crippen molar-refractivity contribution in [2.24, 2.45) is 0 Å². The van der Waals surface area contributed by atoms with Crippen LogP contribution in [0.5, 0.6) is 11.5 Å². The summed E-state index contributed by atoms with van der Waals surface area (Å²) in [5.74, 6) is 1.84. The number of imidazole rings is 1. The fourth-order valence-corrected chi connectivity index (χ4v) is 2.09. The van der Waals surface area contributed by atoms with E-state index in [0.29, 0.717) is 29.4 Å². The average Bonchev–Trinajstić information content (AvgIpc) is 2.97. The van der Waals surface area contributed by atoms with Crippen LogP contribution in [0, 0.1) is 11.3 Å². The molecule has 0 fully saturated rings. The van der Waals surface area contributed by atoms with Gasteiger partial charge in [-0.15, -0.1) is 0 Å². The third-order valence-corrected chi connectivity index (χ3v) is 3.01. The number of aromatic amines is 1. The summed E-state index contributed by atoms with van der Waals surface area (Å²) in [7, 11) is 0. The molecule has 0 amide bonds. The third-order valence-electron chi connectivity index (χ3n) is 3.01. The lowest BCUT2D eigenvalue weighted by atomic mass is 10.2. The van der Waals surface area contributed by atoms with Crippen LogP contribution in [-0.2, 0) is 0 Å². The summed E-state index contributed by atoms with van der Waals surface area (Å²) < 4.78 is 11.0. The zero-order valence-corrected chi connectivity index (χ0v) is 11.9. The van der Waals surface area contributed by atoms with Gasteiger partial charge in [-0.2, -0.15) is 15.5 Å². The normalized spacial score (nSPS) is 10.4. The van der Waals surface area contributed by atoms with E-state index < -0.39 is 0 Å². The molecule has 2 heterocycles. The van der Waals surface area contributed by atoms with Crippen molar-refractivity contribution in [1.82, 2.24) is 20.2 Å². The zero-order valence-electron chi connectivity index (χ0n) is 11.9. The van der Waals surface area contributed by atoms with Crippen molar-refractivity contribution < 1.29 is 9.47 Å². The van der Waals surface area contributed by atoms with Crippen LogP contribution in [0.15, 0.2) is 30.6 Å². The number of hydrogen-bond acceptors (Lipinski definition) is 6. The van der Waals surface area contributed by atoms with Gasteiger partial charge in [0.2, 0.25) is 0 Å². The Morgan fingerprint density at radius 3 is 2.86 bits per heavy atom. The van der Waals surface area contributed by atoms with Gasteiger partial charge >= 0.3 is 0 Å². The lowest BCUT2D eigenvalue weighted by Gasteiger charge is -2.10. The fraction of sp³-hybridized carbons (Fsp3) is 0.200. The topological polar surface area (TPSA) is 96.7 Å². The molecule has 1 N–H and O–H groups in total. The largest absolute Gasteiger partial charge is 0.494 e. The van der Waals surface area contributed by atoms with Crippen LogP contribution in [0.1, 0.15) is 6.92 Å². The Morgan fingerprint density at radius 2 is 2.09 bits per heavy atom. The molecule has 7 nitrogen and oxygen atoms in total. The molecule has 0 radical (unpaired) electrons. The lowest BCUT2D eigenvalue weighted by Crippen LogP contribution is -1.98. The second kappa shape index (κ2) is 6.10. The minimum Gasteiger partial charge on any atom is -0.494 e. The van der Waals surface area contributed by atoms with Crippen molar-refractivity contribution in [2.45, 2.75) is 6.92 Å². The summed E-state index contributed by atoms with van der Waals surface area (Å²) in [6.45, 7) is 2.41. The monoisotopic (exact) mass is 295 g/mol. The number of fused-ring (bicyclic) bond motifs is 1. The second-order valence-electron chi connectivity index (χ2n) is 4.41. The smallest absolute Gasteiger partial charge is 0.174 e. The molecule has 0 bridgehead atoms. The van der Waals surface area contributed by atoms with Gasteiger partial charge in [0, 0.05) is 6.07 Å². The molecule has 0 atom stereocenters. The molecular formula is C15H13N5O2. The van der Waals surface area contributed by atoms with Crippen molar-refractivity contribution in [3.8, 4) is 29.0 Å². The van der Waals surface area contributed by atoms with Gasteiger partial charge in [-0.05, 0) is 19.1 Å². The Kier molecular flexibility index (Phi) is 3.83. The Balaban J connectivity index is 2.05. The molecule has 0 aliphatic heterocycles. The average molecular weight is 295 g/mol. The molecule has 0 unspecified atom stereocenters. The van der Waals surface area contributed by atoms with Gasteiger partial charge < -0.3 is 14.5 Å². The van der Waals surface area contributed by atoms with E-state index in [1.807, 2.05) is 25.1 Å². The van der Waals surface area contributed by atoms with Gasteiger partial charge in [-0.3, -0.25) is 0 Å². The zero-order chi connectivity index (χ0) is 15.4.